The molecule has 0 saturated carbocycles. The molecule has 0 bridgehead atoms. The molecule has 0 N–H and O–H groups in total. The zero-order valence-corrected chi connectivity index (χ0v) is 11.9. The van der Waals surface area contributed by atoms with Crippen LogP contribution in [0.1, 0.15) is 11.4 Å². The molecule has 3 aromatic rings. The zero-order chi connectivity index (χ0) is 13.2. The minimum absolute atomic E-state index is 0.610. The van der Waals surface area contributed by atoms with Gasteiger partial charge < -0.3 is 4.57 Å². The largest absolute Gasteiger partial charge is 0.323 e. The van der Waals surface area contributed by atoms with Gasteiger partial charge in [0.05, 0.1) is 11.0 Å². The highest BCUT2D eigenvalue weighted by atomic mass is 35.5. The third-order valence-corrected chi connectivity index (χ3v) is 3.63. The van der Waals surface area contributed by atoms with Crippen LogP contribution in [0.2, 0.25) is 5.02 Å². The van der Waals surface area contributed by atoms with Crippen molar-refractivity contribution in [1.82, 2.24) is 9.55 Å². The van der Waals surface area contributed by atoms with E-state index >= 15 is 0 Å². The van der Waals surface area contributed by atoms with Gasteiger partial charge in [0.25, 0.3) is 0 Å². The van der Waals surface area contributed by atoms with Gasteiger partial charge in [0.1, 0.15) is 5.82 Å². The van der Waals surface area contributed by atoms with Crippen molar-refractivity contribution < 1.29 is 0 Å². The van der Waals surface area contributed by atoms with Crippen molar-refractivity contribution in [3.63, 3.8) is 0 Å². The number of nitrogens with zero attached hydrogens (tertiary/aromatic N) is 2. The van der Waals surface area contributed by atoms with Crippen LogP contribution in [-0.2, 0) is 12.3 Å². The number of benzene rings is 2. The minimum Gasteiger partial charge on any atom is -0.323 e. The van der Waals surface area contributed by atoms with Crippen LogP contribution < -0.4 is 0 Å². The fourth-order valence-electron chi connectivity index (χ4n) is 2.22. The molecule has 0 unspecified atom stereocenters. The monoisotopic (exact) mass is 288 g/mol. The fourth-order valence-corrected chi connectivity index (χ4v) is 2.62. The molecule has 0 fully saturated rings. The van der Waals surface area contributed by atoms with E-state index in [9.17, 15) is 0 Å². The molecule has 2 aromatic carbocycles. The normalized spacial score (nSPS) is 11.1. The van der Waals surface area contributed by atoms with Gasteiger partial charge in [-0.05, 0) is 23.8 Å². The Labute approximate surface area is 122 Å². The van der Waals surface area contributed by atoms with Gasteiger partial charge in [-0.25, -0.2) is 4.98 Å². The number of hydrogen-bond acceptors (Lipinski definition) is 2. The van der Waals surface area contributed by atoms with Crippen molar-refractivity contribution in [3.8, 4) is 0 Å². The molecule has 2 nitrogen and oxygen atoms in total. The van der Waals surface area contributed by atoms with E-state index in [0.29, 0.717) is 10.8 Å². The quantitative estimate of drug-likeness (QED) is 0.716. The molecule has 0 aliphatic carbocycles. The van der Waals surface area contributed by atoms with Crippen LogP contribution in [0.15, 0.2) is 48.5 Å². The summed E-state index contributed by atoms with van der Waals surface area (Å²) in [7, 11) is 0. The molecule has 3 rings (SSSR count). The van der Waals surface area contributed by atoms with Crippen LogP contribution in [0.4, 0.5) is 0 Å². The summed E-state index contributed by atoms with van der Waals surface area (Å²) in [5.74, 6) is 1.57. The standard InChI is InChI=1S/C15H13ClN2S/c16-12-6-7-14-13(8-12)17-15(10-19)18(14)9-11-4-2-1-3-5-11/h1-8,19H,9-10H2. The third-order valence-electron chi connectivity index (χ3n) is 3.11. The lowest BCUT2D eigenvalue weighted by Gasteiger charge is -2.08. The summed E-state index contributed by atoms with van der Waals surface area (Å²) in [5.41, 5.74) is 3.27. The second-order valence-corrected chi connectivity index (χ2v) is 5.14. The lowest BCUT2D eigenvalue weighted by atomic mass is 10.2. The van der Waals surface area contributed by atoms with Crippen molar-refractivity contribution in [3.05, 3.63) is 64.9 Å². The van der Waals surface area contributed by atoms with Crippen LogP contribution in [0, 0.1) is 0 Å². The molecule has 0 aliphatic rings. The Hall–Kier alpha value is -1.45. The average molecular weight is 289 g/mol. The average Bonchev–Trinajstić information content (AvgIpc) is 2.77. The minimum atomic E-state index is 0.610. The molecule has 0 amide bonds. The van der Waals surface area contributed by atoms with Crippen LogP contribution >= 0.6 is 24.2 Å². The second-order valence-electron chi connectivity index (χ2n) is 4.39. The van der Waals surface area contributed by atoms with Crippen LogP contribution in [0.5, 0.6) is 0 Å². The summed E-state index contributed by atoms with van der Waals surface area (Å²) >= 11 is 10.4. The van der Waals surface area contributed by atoms with Crippen LogP contribution in [0.25, 0.3) is 11.0 Å². The number of halogens is 1. The number of aromatic nitrogens is 2. The summed E-state index contributed by atoms with van der Waals surface area (Å²) in [6, 6.07) is 16.2. The van der Waals surface area contributed by atoms with Gasteiger partial charge in [0, 0.05) is 17.3 Å². The molecule has 0 aliphatic heterocycles. The van der Waals surface area contributed by atoms with Crippen molar-refractivity contribution in [1.29, 1.82) is 0 Å². The lowest BCUT2D eigenvalue weighted by molar-refractivity contribution is 0.781. The molecule has 19 heavy (non-hydrogen) atoms. The van der Waals surface area contributed by atoms with Gasteiger partial charge in [-0.1, -0.05) is 41.9 Å². The number of rotatable bonds is 3. The van der Waals surface area contributed by atoms with Crippen molar-refractivity contribution >= 4 is 35.3 Å². The Morgan fingerprint density at radius 3 is 2.63 bits per heavy atom. The first kappa shape index (κ1) is 12.6. The number of imidazole rings is 1. The molecular weight excluding hydrogens is 276 g/mol. The molecule has 1 aromatic heterocycles. The summed E-state index contributed by atoms with van der Waals surface area (Å²) in [6.45, 7) is 0.800. The van der Waals surface area contributed by atoms with Gasteiger partial charge >= 0.3 is 0 Å². The van der Waals surface area contributed by atoms with E-state index in [1.165, 1.54) is 5.56 Å². The zero-order valence-electron chi connectivity index (χ0n) is 10.3. The van der Waals surface area contributed by atoms with E-state index < -0.39 is 0 Å². The summed E-state index contributed by atoms with van der Waals surface area (Å²) in [6.07, 6.45) is 0. The maximum absolute atomic E-state index is 6.02. The molecule has 4 heteroatoms. The number of thiol groups is 1. The fraction of sp³-hybridized carbons (Fsp3) is 0.133. The molecule has 96 valence electrons. The molecule has 0 spiro atoms. The predicted molar refractivity (Wildman–Crippen MR) is 83.0 cm³/mol. The van der Waals surface area contributed by atoms with E-state index in [4.69, 9.17) is 11.6 Å². The number of fused-ring (bicyclic) bond motifs is 1. The summed E-state index contributed by atoms with van der Waals surface area (Å²) < 4.78 is 2.19. The van der Waals surface area contributed by atoms with E-state index in [1.807, 2.05) is 36.4 Å². The number of hydrogen-bond donors (Lipinski definition) is 1. The third kappa shape index (κ3) is 2.48. The highest BCUT2D eigenvalue weighted by Gasteiger charge is 2.10. The molecule has 1 heterocycles. The lowest BCUT2D eigenvalue weighted by Crippen LogP contribution is -2.03. The van der Waals surface area contributed by atoms with Gasteiger partial charge in [0.2, 0.25) is 0 Å². The SMILES string of the molecule is SCc1nc2cc(Cl)ccc2n1Cc1ccccc1. The Balaban J connectivity index is 2.11. The first-order chi connectivity index (χ1) is 9.28. The molecule has 0 saturated heterocycles. The predicted octanol–water partition coefficient (Wildman–Crippen LogP) is 4.17. The molecule has 0 atom stereocenters. The summed E-state index contributed by atoms with van der Waals surface area (Å²) in [4.78, 5) is 4.59. The Morgan fingerprint density at radius 1 is 1.11 bits per heavy atom. The van der Waals surface area contributed by atoms with E-state index in [0.717, 1.165) is 23.4 Å². The van der Waals surface area contributed by atoms with E-state index in [-0.39, 0.29) is 0 Å². The smallest absolute Gasteiger partial charge is 0.119 e. The second kappa shape index (κ2) is 5.27. The highest BCUT2D eigenvalue weighted by Crippen LogP contribution is 2.22. The van der Waals surface area contributed by atoms with Gasteiger partial charge in [-0.3, -0.25) is 0 Å². The molecular formula is C15H13ClN2S. The van der Waals surface area contributed by atoms with Crippen LogP contribution in [-0.4, -0.2) is 9.55 Å². The van der Waals surface area contributed by atoms with E-state index in [2.05, 4.69) is 34.3 Å². The topological polar surface area (TPSA) is 17.8 Å². The van der Waals surface area contributed by atoms with Gasteiger partial charge in [-0.2, -0.15) is 12.6 Å². The summed E-state index contributed by atoms with van der Waals surface area (Å²) in [5, 5.41) is 0.711. The maximum Gasteiger partial charge on any atom is 0.119 e. The van der Waals surface area contributed by atoms with Crippen molar-refractivity contribution in [2.45, 2.75) is 12.3 Å². The first-order valence-electron chi connectivity index (χ1n) is 6.07. The Morgan fingerprint density at radius 2 is 1.89 bits per heavy atom. The maximum atomic E-state index is 6.02. The highest BCUT2D eigenvalue weighted by molar-refractivity contribution is 7.79. The Bertz CT molecular complexity index is 707. The Kier molecular flexibility index (Phi) is 3.49. The molecule has 0 radical (unpaired) electrons. The first-order valence-corrected chi connectivity index (χ1v) is 7.08. The van der Waals surface area contributed by atoms with Crippen LogP contribution in [0.3, 0.4) is 0 Å². The van der Waals surface area contributed by atoms with Gasteiger partial charge in [-0.15, -0.1) is 0 Å². The van der Waals surface area contributed by atoms with Crippen molar-refractivity contribution in [2.24, 2.45) is 0 Å². The van der Waals surface area contributed by atoms with Crippen molar-refractivity contribution in [2.75, 3.05) is 0 Å². The van der Waals surface area contributed by atoms with Gasteiger partial charge in [0.15, 0.2) is 0 Å². The van der Waals surface area contributed by atoms with E-state index in [1.54, 1.807) is 0 Å².